The number of benzene rings is 2. The number of para-hydroxylation sites is 2. The van der Waals surface area contributed by atoms with Gasteiger partial charge in [0, 0.05) is 21.7 Å². The Hall–Kier alpha value is -3.14. The van der Waals surface area contributed by atoms with Crippen LogP contribution in [0.2, 0.25) is 0 Å². The minimum absolute atomic E-state index is 0.0776. The van der Waals surface area contributed by atoms with Gasteiger partial charge in [-0.15, -0.1) is 0 Å². The number of phenolic OH excluding ortho intramolecular Hbond substituents is 2. The summed E-state index contributed by atoms with van der Waals surface area (Å²) in [4.78, 5) is 0. The van der Waals surface area contributed by atoms with Crippen LogP contribution in [0.5, 0.6) is 11.5 Å². The Morgan fingerprint density at radius 3 is 1.58 bits per heavy atom. The van der Waals surface area contributed by atoms with Crippen LogP contribution in [0.25, 0.3) is 0 Å². The summed E-state index contributed by atoms with van der Waals surface area (Å²) in [7, 11) is -1.77. The quantitative estimate of drug-likeness (QED) is 0.389. The molecule has 0 bridgehead atoms. The van der Waals surface area contributed by atoms with Gasteiger partial charge in [0.2, 0.25) is 0 Å². The lowest BCUT2D eigenvalue weighted by atomic mass is 10.2. The van der Waals surface area contributed by atoms with Gasteiger partial charge in [0.15, 0.2) is 0 Å². The first-order valence-electron chi connectivity index (χ1n) is 6.94. The average Bonchev–Trinajstić information content (AvgIpc) is 2.58. The predicted molar refractivity (Wildman–Crippen MR) is 83.5 cm³/mol. The molecule has 9 nitrogen and oxygen atoms in total. The van der Waals surface area contributed by atoms with Crippen LogP contribution < -0.4 is 0 Å². The first-order valence-corrected chi connectivity index (χ1v) is 6.94. The molecule has 2 rings (SSSR count). The summed E-state index contributed by atoms with van der Waals surface area (Å²) in [5.41, 5.74) is 1.12. The molecule has 2 aromatic rings. The van der Waals surface area contributed by atoms with Gasteiger partial charge in [-0.25, -0.2) is 0 Å². The molecule has 0 unspecified atom stereocenters. The molecule has 0 radical (unpaired) electrons. The van der Waals surface area contributed by atoms with Gasteiger partial charge in [-0.05, 0) is 12.1 Å². The molecule has 0 heterocycles. The van der Waals surface area contributed by atoms with Gasteiger partial charge >= 0.3 is 7.32 Å². The van der Waals surface area contributed by atoms with Crippen LogP contribution in [0.4, 0.5) is 0 Å². The van der Waals surface area contributed by atoms with Crippen LogP contribution in [-0.2, 0) is 22.6 Å². The smallest absolute Gasteiger partial charge is 0.508 e. The minimum atomic E-state index is -1.77. The first-order chi connectivity index (χ1) is 11.7. The van der Waals surface area contributed by atoms with E-state index < -0.39 is 7.32 Å². The molecule has 124 valence electrons. The van der Waals surface area contributed by atoms with Crippen molar-refractivity contribution >= 4 is 7.32 Å². The maximum absolute atomic E-state index is 9.51. The molecule has 3 N–H and O–H groups in total. The van der Waals surface area contributed by atoms with Crippen molar-refractivity contribution in [3.05, 3.63) is 59.7 Å². The van der Waals surface area contributed by atoms with E-state index in [1.807, 2.05) is 0 Å². The summed E-state index contributed by atoms with van der Waals surface area (Å²) >= 11 is 0. The molecule has 0 aliphatic carbocycles. The van der Waals surface area contributed by atoms with Gasteiger partial charge in [-0.1, -0.05) is 36.4 Å². The lowest BCUT2D eigenvalue weighted by Crippen LogP contribution is -2.16. The molecule has 0 spiro atoms. The van der Waals surface area contributed by atoms with E-state index in [2.05, 4.69) is 30.3 Å². The van der Waals surface area contributed by atoms with E-state index in [0.29, 0.717) is 11.1 Å². The molecule has 0 fully saturated rings. The molecular weight excluding hydrogens is 315 g/mol. The third-order valence-electron chi connectivity index (χ3n) is 2.86. The third-order valence-corrected chi connectivity index (χ3v) is 2.86. The largest absolute Gasteiger partial charge is 0.831 e. The number of hydrogen-bond donors (Lipinski definition) is 3. The van der Waals surface area contributed by atoms with Crippen molar-refractivity contribution in [1.29, 1.82) is 0 Å². The fraction of sp³-hybridized carbons (Fsp3) is 0.143. The number of nitrogens with zero attached hydrogens (tertiary/aromatic N) is 4. The van der Waals surface area contributed by atoms with Gasteiger partial charge in [0.25, 0.3) is 0 Å². The van der Waals surface area contributed by atoms with Crippen molar-refractivity contribution < 1.29 is 24.7 Å². The maximum Gasteiger partial charge on any atom is 0.831 e. The lowest BCUT2D eigenvalue weighted by Gasteiger charge is -2.00. The van der Waals surface area contributed by atoms with Crippen molar-refractivity contribution in [2.75, 3.05) is 0 Å². The molecule has 0 atom stereocenters. The van der Waals surface area contributed by atoms with Crippen LogP contribution in [0.3, 0.4) is 0 Å². The standard InChI is InChI=1S/C14H15BN4O5/c20-13-7-3-1-5-11(13)9-16-18-23-15(22)24-19-17-10-12-6-2-4-8-14(12)21/h1-8,20-22H,9-10H2. The van der Waals surface area contributed by atoms with E-state index in [1.54, 1.807) is 36.4 Å². The molecule has 24 heavy (non-hydrogen) atoms. The van der Waals surface area contributed by atoms with E-state index >= 15 is 0 Å². The Kier molecular flexibility index (Phi) is 6.53. The summed E-state index contributed by atoms with van der Waals surface area (Å²) in [5.74, 6) is 0.178. The first kappa shape index (κ1) is 17.2. The molecule has 10 heteroatoms. The monoisotopic (exact) mass is 330 g/mol. The normalized spacial score (nSPS) is 11.0. The second-order valence-corrected chi connectivity index (χ2v) is 4.54. The van der Waals surface area contributed by atoms with Gasteiger partial charge in [-0.2, -0.15) is 10.2 Å². The Balaban J connectivity index is 1.69. The number of aromatic hydroxyl groups is 2. The van der Waals surface area contributed by atoms with E-state index in [1.165, 1.54) is 12.1 Å². The second kappa shape index (κ2) is 9.11. The maximum atomic E-state index is 9.51. The van der Waals surface area contributed by atoms with Crippen molar-refractivity contribution in [3.8, 4) is 11.5 Å². The van der Waals surface area contributed by atoms with Gasteiger partial charge in [0.05, 0.1) is 13.1 Å². The fourth-order valence-corrected chi connectivity index (χ4v) is 1.67. The van der Waals surface area contributed by atoms with Crippen LogP contribution in [0.1, 0.15) is 11.1 Å². The van der Waals surface area contributed by atoms with E-state index in [-0.39, 0.29) is 24.6 Å². The number of phenols is 2. The van der Waals surface area contributed by atoms with Crippen LogP contribution >= 0.6 is 0 Å². The average molecular weight is 330 g/mol. The van der Waals surface area contributed by atoms with Crippen LogP contribution in [0.15, 0.2) is 69.3 Å². The molecule has 0 saturated carbocycles. The highest BCUT2D eigenvalue weighted by atomic mass is 16.8. The van der Waals surface area contributed by atoms with Gasteiger partial charge in [-0.3, -0.25) is 0 Å². The highest BCUT2D eigenvalue weighted by molar-refractivity contribution is 6.34. The molecular formula is C14H15BN4O5. The molecule has 0 aliphatic heterocycles. The van der Waals surface area contributed by atoms with E-state index in [0.717, 1.165) is 0 Å². The number of hydrogen-bond acceptors (Lipinski definition) is 9. The van der Waals surface area contributed by atoms with Gasteiger partial charge < -0.3 is 24.7 Å². The van der Waals surface area contributed by atoms with Crippen molar-refractivity contribution in [3.63, 3.8) is 0 Å². The summed E-state index contributed by atoms with van der Waals surface area (Å²) in [5, 5.41) is 42.1. The SMILES string of the molecule is OB(ON=NCc1ccccc1O)ON=NCc1ccccc1O. The molecule has 0 aliphatic rings. The second-order valence-electron chi connectivity index (χ2n) is 4.54. The zero-order valence-corrected chi connectivity index (χ0v) is 12.6. The summed E-state index contributed by atoms with van der Waals surface area (Å²) in [6.07, 6.45) is 0. The van der Waals surface area contributed by atoms with Crippen LogP contribution in [-0.4, -0.2) is 22.6 Å². The Morgan fingerprint density at radius 2 is 1.17 bits per heavy atom. The third kappa shape index (κ3) is 5.57. The highest BCUT2D eigenvalue weighted by Crippen LogP contribution is 2.17. The van der Waals surface area contributed by atoms with Crippen molar-refractivity contribution in [1.82, 2.24) is 0 Å². The molecule has 0 saturated heterocycles. The molecule has 0 amide bonds. The fourth-order valence-electron chi connectivity index (χ4n) is 1.67. The molecule has 2 aromatic carbocycles. The summed E-state index contributed by atoms with van der Waals surface area (Å²) < 4.78 is 8.97. The Morgan fingerprint density at radius 1 is 0.750 bits per heavy atom. The molecule has 0 aromatic heterocycles. The van der Waals surface area contributed by atoms with Crippen LogP contribution in [0, 0.1) is 0 Å². The lowest BCUT2D eigenvalue weighted by molar-refractivity contribution is 0.120. The summed E-state index contributed by atoms with van der Waals surface area (Å²) in [6.45, 7) is 0.155. The number of rotatable bonds is 8. The highest BCUT2D eigenvalue weighted by Gasteiger charge is 2.20. The Labute approximate surface area is 138 Å². The van der Waals surface area contributed by atoms with Crippen molar-refractivity contribution in [2.45, 2.75) is 13.1 Å². The predicted octanol–water partition coefficient (Wildman–Crippen LogP) is 2.54. The summed E-state index contributed by atoms with van der Waals surface area (Å²) in [6, 6.07) is 13.3. The van der Waals surface area contributed by atoms with E-state index in [9.17, 15) is 15.2 Å². The zero-order valence-electron chi connectivity index (χ0n) is 12.6. The van der Waals surface area contributed by atoms with Crippen molar-refractivity contribution in [2.24, 2.45) is 20.8 Å². The van der Waals surface area contributed by atoms with E-state index in [4.69, 9.17) is 0 Å². The van der Waals surface area contributed by atoms with Gasteiger partial charge in [0.1, 0.15) is 11.5 Å². The minimum Gasteiger partial charge on any atom is -0.508 e. The Bertz CT molecular complexity index is 654. The zero-order chi connectivity index (χ0) is 17.2. The topological polar surface area (TPSA) is 129 Å².